The lowest BCUT2D eigenvalue weighted by molar-refractivity contribution is -0.0584. The molecule has 0 N–H and O–H groups in total. The molecule has 1 aliphatic heterocycles. The van der Waals surface area contributed by atoms with Gasteiger partial charge in [-0.2, -0.15) is 0 Å². The minimum Gasteiger partial charge on any atom is -0.324 e. The molecular weight excluding hydrogens is 325 g/mol. The Balaban J connectivity index is 1.65. The van der Waals surface area contributed by atoms with Gasteiger partial charge in [-0.05, 0) is 29.7 Å². The third kappa shape index (κ3) is 2.35. The predicted octanol–water partition coefficient (Wildman–Crippen LogP) is 3.35. The number of hydrogen-bond donors (Lipinski definition) is 0. The molecule has 0 aliphatic carbocycles. The number of imide groups is 1. The maximum atomic E-state index is 14.1. The molecule has 0 bridgehead atoms. The Bertz CT molecular complexity index is 1030. The molecule has 0 saturated carbocycles. The molecule has 1 heterocycles. The lowest BCUT2D eigenvalue weighted by Crippen LogP contribution is -2.32. The van der Waals surface area contributed by atoms with Crippen LogP contribution in [0.1, 0.15) is 31.1 Å². The third-order valence-electron chi connectivity index (χ3n) is 3.98. The van der Waals surface area contributed by atoms with Gasteiger partial charge in [0.25, 0.3) is 11.8 Å². The predicted molar refractivity (Wildman–Crippen MR) is 86.3 cm³/mol. The molecule has 0 radical (unpaired) electrons. The summed E-state index contributed by atoms with van der Waals surface area (Å²) in [5.41, 5.74) is 0.225. The highest BCUT2D eigenvalue weighted by atomic mass is 19.1. The van der Waals surface area contributed by atoms with Crippen LogP contribution in [0.5, 0.6) is 0 Å². The van der Waals surface area contributed by atoms with Gasteiger partial charge in [-0.1, -0.05) is 41.5 Å². The first-order chi connectivity index (χ1) is 12.1. The van der Waals surface area contributed by atoms with Crippen molar-refractivity contribution in [3.8, 4) is 0 Å². The molecule has 0 spiro atoms. The van der Waals surface area contributed by atoms with Crippen LogP contribution in [0.3, 0.4) is 0 Å². The molecular formula is C19H10FNO4. The van der Waals surface area contributed by atoms with E-state index in [0.717, 1.165) is 6.07 Å². The zero-order valence-corrected chi connectivity index (χ0v) is 12.7. The summed E-state index contributed by atoms with van der Waals surface area (Å²) in [6, 6.07) is 15.2. The fourth-order valence-corrected chi connectivity index (χ4v) is 2.77. The van der Waals surface area contributed by atoms with E-state index >= 15 is 0 Å². The lowest BCUT2D eigenvalue weighted by Gasteiger charge is -2.13. The zero-order chi connectivity index (χ0) is 17.6. The molecule has 2 amide bonds. The number of amides is 2. The Hall–Kier alpha value is -3.54. The van der Waals surface area contributed by atoms with Gasteiger partial charge in [0.15, 0.2) is 0 Å². The standard InChI is InChI=1S/C19H10FNO4/c20-16-10-12(9-11-5-1-2-6-13(11)16)19(24)25-21-17(22)14-7-3-4-8-15(14)18(21)23/h1-10H. The summed E-state index contributed by atoms with van der Waals surface area (Å²) < 4.78 is 14.1. The molecule has 3 aromatic rings. The van der Waals surface area contributed by atoms with E-state index in [-0.39, 0.29) is 16.7 Å². The van der Waals surface area contributed by atoms with E-state index in [0.29, 0.717) is 15.8 Å². The van der Waals surface area contributed by atoms with Crippen molar-refractivity contribution in [3.63, 3.8) is 0 Å². The average Bonchev–Trinajstić information content (AvgIpc) is 2.87. The van der Waals surface area contributed by atoms with E-state index in [4.69, 9.17) is 4.84 Å². The normalized spacial score (nSPS) is 13.2. The van der Waals surface area contributed by atoms with Crippen LogP contribution < -0.4 is 0 Å². The Morgan fingerprint density at radius 3 is 2.16 bits per heavy atom. The molecule has 0 atom stereocenters. The van der Waals surface area contributed by atoms with Gasteiger partial charge in [-0.3, -0.25) is 9.59 Å². The molecule has 0 fully saturated rings. The molecule has 0 aromatic heterocycles. The van der Waals surface area contributed by atoms with Gasteiger partial charge in [0.1, 0.15) is 5.82 Å². The number of fused-ring (bicyclic) bond motifs is 2. The largest absolute Gasteiger partial charge is 0.364 e. The first-order valence-electron chi connectivity index (χ1n) is 7.44. The number of nitrogens with zero attached hydrogens (tertiary/aromatic N) is 1. The summed E-state index contributed by atoms with van der Waals surface area (Å²) in [7, 11) is 0. The van der Waals surface area contributed by atoms with Gasteiger partial charge in [-0.25, -0.2) is 9.18 Å². The number of rotatable bonds is 2. The molecule has 0 saturated heterocycles. The average molecular weight is 335 g/mol. The van der Waals surface area contributed by atoms with Crippen LogP contribution in [0.4, 0.5) is 4.39 Å². The number of carbonyl (C=O) groups excluding carboxylic acids is 3. The number of hydrogen-bond acceptors (Lipinski definition) is 4. The van der Waals surface area contributed by atoms with Crippen LogP contribution in [0.25, 0.3) is 10.8 Å². The highest BCUT2D eigenvalue weighted by Gasteiger charge is 2.38. The second-order valence-corrected chi connectivity index (χ2v) is 5.51. The fourth-order valence-electron chi connectivity index (χ4n) is 2.77. The smallest absolute Gasteiger partial charge is 0.324 e. The summed E-state index contributed by atoms with van der Waals surface area (Å²) in [5.74, 6) is -3.03. The third-order valence-corrected chi connectivity index (χ3v) is 3.98. The van der Waals surface area contributed by atoms with E-state index < -0.39 is 23.6 Å². The van der Waals surface area contributed by atoms with E-state index in [1.54, 1.807) is 36.4 Å². The summed E-state index contributed by atoms with van der Waals surface area (Å²) in [6.45, 7) is 0. The minimum atomic E-state index is -0.987. The van der Waals surface area contributed by atoms with Crippen LogP contribution in [-0.4, -0.2) is 22.8 Å². The number of benzene rings is 3. The molecule has 4 rings (SSSR count). The van der Waals surface area contributed by atoms with Gasteiger partial charge in [-0.15, -0.1) is 0 Å². The maximum absolute atomic E-state index is 14.1. The summed E-state index contributed by atoms with van der Waals surface area (Å²) in [5, 5.41) is 1.27. The number of hydroxylamine groups is 2. The van der Waals surface area contributed by atoms with E-state index in [1.807, 2.05) is 0 Å². The first kappa shape index (κ1) is 15.0. The zero-order valence-electron chi connectivity index (χ0n) is 12.7. The molecule has 1 aliphatic rings. The quantitative estimate of drug-likeness (QED) is 0.674. The van der Waals surface area contributed by atoms with E-state index in [1.165, 1.54) is 18.2 Å². The number of carbonyl (C=O) groups is 3. The van der Waals surface area contributed by atoms with Crippen molar-refractivity contribution in [3.05, 3.63) is 83.2 Å². The van der Waals surface area contributed by atoms with Gasteiger partial charge in [0, 0.05) is 5.39 Å². The van der Waals surface area contributed by atoms with E-state index in [9.17, 15) is 18.8 Å². The van der Waals surface area contributed by atoms with Crippen LogP contribution in [0.2, 0.25) is 0 Å². The highest BCUT2D eigenvalue weighted by Crippen LogP contribution is 2.25. The minimum absolute atomic E-state index is 0.0900. The van der Waals surface area contributed by atoms with Crippen molar-refractivity contribution in [1.29, 1.82) is 0 Å². The van der Waals surface area contributed by atoms with Crippen molar-refractivity contribution in [2.45, 2.75) is 0 Å². The SMILES string of the molecule is O=C(ON1C(=O)c2ccccc2C1=O)c1cc(F)c2ccccc2c1. The Kier molecular flexibility index (Phi) is 3.32. The second-order valence-electron chi connectivity index (χ2n) is 5.51. The van der Waals surface area contributed by atoms with Crippen molar-refractivity contribution in [2.75, 3.05) is 0 Å². The highest BCUT2D eigenvalue weighted by molar-refractivity contribution is 6.21. The van der Waals surface area contributed by atoms with Crippen molar-refractivity contribution in [2.24, 2.45) is 0 Å². The molecule has 0 unspecified atom stereocenters. The Labute approximate surface area is 141 Å². The van der Waals surface area contributed by atoms with Gasteiger partial charge in [0.2, 0.25) is 0 Å². The lowest BCUT2D eigenvalue weighted by atomic mass is 10.1. The molecule has 3 aromatic carbocycles. The number of halogens is 1. The maximum Gasteiger partial charge on any atom is 0.364 e. The van der Waals surface area contributed by atoms with Crippen LogP contribution in [0, 0.1) is 5.82 Å². The monoisotopic (exact) mass is 335 g/mol. The molecule has 122 valence electrons. The summed E-state index contributed by atoms with van der Waals surface area (Å²) in [6.07, 6.45) is 0. The summed E-state index contributed by atoms with van der Waals surface area (Å²) >= 11 is 0. The Morgan fingerprint density at radius 1 is 0.880 bits per heavy atom. The van der Waals surface area contributed by atoms with Gasteiger partial charge in [0.05, 0.1) is 16.7 Å². The Morgan fingerprint density at radius 2 is 1.48 bits per heavy atom. The van der Waals surface area contributed by atoms with Crippen LogP contribution in [0.15, 0.2) is 60.7 Å². The molecule has 6 heteroatoms. The van der Waals surface area contributed by atoms with Crippen LogP contribution in [-0.2, 0) is 4.84 Å². The van der Waals surface area contributed by atoms with Crippen LogP contribution >= 0.6 is 0 Å². The van der Waals surface area contributed by atoms with Crippen molar-refractivity contribution >= 4 is 28.6 Å². The topological polar surface area (TPSA) is 63.7 Å². The van der Waals surface area contributed by atoms with Gasteiger partial charge < -0.3 is 4.84 Å². The molecule has 25 heavy (non-hydrogen) atoms. The van der Waals surface area contributed by atoms with Gasteiger partial charge >= 0.3 is 5.97 Å². The second kappa shape index (κ2) is 5.52. The van der Waals surface area contributed by atoms with Crippen molar-refractivity contribution < 1.29 is 23.6 Å². The first-order valence-corrected chi connectivity index (χ1v) is 7.44. The molecule has 5 nitrogen and oxygen atoms in total. The van der Waals surface area contributed by atoms with E-state index in [2.05, 4.69) is 0 Å². The fraction of sp³-hybridized carbons (Fsp3) is 0. The summed E-state index contributed by atoms with van der Waals surface area (Å²) in [4.78, 5) is 41.7. The van der Waals surface area contributed by atoms with Crippen molar-refractivity contribution in [1.82, 2.24) is 5.06 Å².